The molecule has 0 unspecified atom stereocenters. The first-order valence-electron chi connectivity index (χ1n) is 5.68. The molecule has 0 aliphatic rings. The Balaban J connectivity index is 2.10. The lowest BCUT2D eigenvalue weighted by Gasteiger charge is -2.09. The Morgan fingerprint density at radius 2 is 1.70 bits per heavy atom. The smallest absolute Gasteiger partial charge is 0.228 e. The number of halogens is 3. The van der Waals surface area contributed by atoms with Crippen molar-refractivity contribution in [2.24, 2.45) is 0 Å². The van der Waals surface area contributed by atoms with Crippen LogP contribution in [0.1, 0.15) is 5.56 Å². The average Bonchev–Trinajstić information content (AvgIpc) is 2.36. The second kappa shape index (κ2) is 6.48. The van der Waals surface area contributed by atoms with Crippen molar-refractivity contribution in [3.8, 4) is 0 Å². The highest BCUT2D eigenvalue weighted by molar-refractivity contribution is 7.80. The fraction of sp³-hybridized carbons (Fsp3) is 0.0714. The van der Waals surface area contributed by atoms with Gasteiger partial charge in [-0.15, -0.1) is 12.6 Å². The van der Waals surface area contributed by atoms with Crippen LogP contribution >= 0.6 is 35.8 Å². The molecule has 0 aromatic heterocycles. The minimum Gasteiger partial charge on any atom is -0.323 e. The molecular formula is C14H10Cl2FNOS. The minimum absolute atomic E-state index is 0.0639. The third-order valence-electron chi connectivity index (χ3n) is 2.57. The van der Waals surface area contributed by atoms with Crippen molar-refractivity contribution in [3.63, 3.8) is 0 Å². The van der Waals surface area contributed by atoms with Crippen LogP contribution in [0.4, 0.5) is 10.1 Å². The molecule has 0 bridgehead atoms. The number of hydrogen-bond acceptors (Lipinski definition) is 2. The van der Waals surface area contributed by atoms with Crippen molar-refractivity contribution < 1.29 is 9.18 Å². The van der Waals surface area contributed by atoms with Gasteiger partial charge in [0, 0.05) is 4.90 Å². The fourth-order valence-electron chi connectivity index (χ4n) is 1.64. The van der Waals surface area contributed by atoms with Crippen molar-refractivity contribution in [2.75, 3.05) is 5.32 Å². The van der Waals surface area contributed by atoms with E-state index in [0.29, 0.717) is 0 Å². The summed E-state index contributed by atoms with van der Waals surface area (Å²) in [6.45, 7) is 0. The molecule has 0 atom stereocenters. The molecule has 0 aliphatic heterocycles. The largest absolute Gasteiger partial charge is 0.323 e. The molecule has 2 aromatic carbocycles. The van der Waals surface area contributed by atoms with Crippen LogP contribution in [0, 0.1) is 5.82 Å². The molecule has 0 spiro atoms. The van der Waals surface area contributed by atoms with Crippen molar-refractivity contribution in [1.82, 2.24) is 0 Å². The second-order valence-corrected chi connectivity index (χ2v) is 5.47. The molecular weight excluding hydrogens is 320 g/mol. The summed E-state index contributed by atoms with van der Waals surface area (Å²) >= 11 is 15.9. The van der Waals surface area contributed by atoms with Gasteiger partial charge in [-0.05, 0) is 29.8 Å². The van der Waals surface area contributed by atoms with Gasteiger partial charge in [0.05, 0.1) is 22.2 Å². The quantitative estimate of drug-likeness (QED) is 0.791. The highest BCUT2D eigenvalue weighted by Crippen LogP contribution is 2.31. The van der Waals surface area contributed by atoms with Crippen LogP contribution in [-0.4, -0.2) is 5.91 Å². The fourth-order valence-corrected chi connectivity index (χ4v) is 2.35. The monoisotopic (exact) mass is 329 g/mol. The van der Waals surface area contributed by atoms with Gasteiger partial charge in [-0.25, -0.2) is 4.39 Å². The summed E-state index contributed by atoms with van der Waals surface area (Å²) in [5.41, 5.74) is 1.04. The Morgan fingerprint density at radius 3 is 2.25 bits per heavy atom. The summed E-state index contributed by atoms with van der Waals surface area (Å²) < 4.78 is 13.0. The maximum Gasteiger partial charge on any atom is 0.228 e. The number of amides is 1. The van der Waals surface area contributed by atoms with Crippen LogP contribution in [0.5, 0.6) is 0 Å². The zero-order valence-electron chi connectivity index (χ0n) is 10.2. The predicted octanol–water partition coefficient (Wildman–Crippen LogP) is 4.60. The Kier molecular flexibility index (Phi) is 4.91. The highest BCUT2D eigenvalue weighted by Gasteiger charge is 2.12. The summed E-state index contributed by atoms with van der Waals surface area (Å²) in [6.07, 6.45) is 0.165. The number of hydrogen-bond donors (Lipinski definition) is 2. The van der Waals surface area contributed by atoms with Gasteiger partial charge in [-0.2, -0.15) is 0 Å². The molecule has 0 aliphatic carbocycles. The summed E-state index contributed by atoms with van der Waals surface area (Å²) in [7, 11) is 0. The molecule has 2 aromatic rings. The minimum atomic E-state index is -0.553. The molecule has 0 fully saturated rings. The first-order chi connectivity index (χ1) is 9.45. The molecule has 0 heterocycles. The molecule has 104 valence electrons. The van der Waals surface area contributed by atoms with Gasteiger partial charge in [0.2, 0.25) is 5.91 Å². The summed E-state index contributed by atoms with van der Waals surface area (Å²) in [4.78, 5) is 12.7. The van der Waals surface area contributed by atoms with E-state index in [-0.39, 0.29) is 28.1 Å². The number of anilines is 1. The van der Waals surface area contributed by atoms with Crippen molar-refractivity contribution >= 4 is 47.4 Å². The van der Waals surface area contributed by atoms with Gasteiger partial charge in [-0.3, -0.25) is 4.79 Å². The molecule has 1 N–H and O–H groups in total. The standard InChI is InChI=1S/C14H10Cl2FNOS/c15-11-6-9(17)7-12(16)14(11)18-13(19)5-8-1-3-10(20)4-2-8/h1-4,6-7,20H,5H2,(H,18,19). The van der Waals surface area contributed by atoms with Gasteiger partial charge in [-0.1, -0.05) is 35.3 Å². The maximum atomic E-state index is 13.0. The van der Waals surface area contributed by atoms with Crippen LogP contribution < -0.4 is 5.32 Å². The molecule has 1 amide bonds. The zero-order chi connectivity index (χ0) is 14.7. The van der Waals surface area contributed by atoms with Crippen LogP contribution in [0.25, 0.3) is 0 Å². The summed E-state index contributed by atoms with van der Waals surface area (Å²) in [6, 6.07) is 9.39. The Hall–Kier alpha value is -1.23. The summed E-state index contributed by atoms with van der Waals surface area (Å²) in [5.74, 6) is -0.838. The van der Waals surface area contributed by atoms with Crippen LogP contribution in [0.15, 0.2) is 41.3 Å². The van der Waals surface area contributed by atoms with E-state index in [2.05, 4.69) is 17.9 Å². The van der Waals surface area contributed by atoms with E-state index in [1.54, 1.807) is 24.3 Å². The van der Waals surface area contributed by atoms with E-state index in [1.807, 2.05) is 0 Å². The number of thiol groups is 1. The van der Waals surface area contributed by atoms with E-state index in [9.17, 15) is 9.18 Å². The van der Waals surface area contributed by atoms with E-state index >= 15 is 0 Å². The molecule has 0 saturated heterocycles. The average molecular weight is 330 g/mol. The van der Waals surface area contributed by atoms with Gasteiger partial charge >= 0.3 is 0 Å². The zero-order valence-corrected chi connectivity index (χ0v) is 12.6. The maximum absolute atomic E-state index is 13.0. The van der Waals surface area contributed by atoms with Gasteiger partial charge in [0.1, 0.15) is 5.82 Å². The SMILES string of the molecule is O=C(Cc1ccc(S)cc1)Nc1c(Cl)cc(F)cc1Cl. The Labute approximate surface area is 131 Å². The first kappa shape index (κ1) is 15.2. The second-order valence-electron chi connectivity index (χ2n) is 4.14. The number of carbonyl (C=O) groups is 1. The van der Waals surface area contributed by atoms with Gasteiger partial charge in [0.15, 0.2) is 0 Å². The van der Waals surface area contributed by atoms with Gasteiger partial charge in [0.25, 0.3) is 0 Å². The lowest BCUT2D eigenvalue weighted by Crippen LogP contribution is -2.15. The van der Waals surface area contributed by atoms with E-state index in [0.717, 1.165) is 22.6 Å². The van der Waals surface area contributed by atoms with Crippen molar-refractivity contribution in [1.29, 1.82) is 0 Å². The first-order valence-corrected chi connectivity index (χ1v) is 6.88. The van der Waals surface area contributed by atoms with Crippen molar-refractivity contribution in [3.05, 3.63) is 57.8 Å². The normalized spacial score (nSPS) is 10.4. The number of carbonyl (C=O) groups excluding carboxylic acids is 1. The summed E-state index contributed by atoms with van der Waals surface area (Å²) in [5, 5.41) is 2.71. The van der Waals surface area contributed by atoms with E-state index in [1.165, 1.54) is 0 Å². The van der Waals surface area contributed by atoms with Crippen LogP contribution in [0.2, 0.25) is 10.0 Å². The molecule has 0 saturated carbocycles. The van der Waals surface area contributed by atoms with Crippen molar-refractivity contribution in [2.45, 2.75) is 11.3 Å². The number of nitrogens with one attached hydrogen (secondary N) is 1. The molecule has 0 radical (unpaired) electrons. The molecule has 2 nitrogen and oxygen atoms in total. The Morgan fingerprint density at radius 1 is 1.15 bits per heavy atom. The third kappa shape index (κ3) is 3.88. The lowest BCUT2D eigenvalue weighted by atomic mass is 10.1. The highest BCUT2D eigenvalue weighted by atomic mass is 35.5. The topological polar surface area (TPSA) is 29.1 Å². The number of benzene rings is 2. The predicted molar refractivity (Wildman–Crippen MR) is 82.4 cm³/mol. The number of rotatable bonds is 3. The lowest BCUT2D eigenvalue weighted by molar-refractivity contribution is -0.115. The van der Waals surface area contributed by atoms with Crippen LogP contribution in [-0.2, 0) is 11.2 Å². The van der Waals surface area contributed by atoms with Gasteiger partial charge < -0.3 is 5.32 Å². The third-order valence-corrected chi connectivity index (χ3v) is 3.47. The Bertz CT molecular complexity index is 623. The molecule has 6 heteroatoms. The molecule has 2 rings (SSSR count). The van der Waals surface area contributed by atoms with E-state index < -0.39 is 5.82 Å². The van der Waals surface area contributed by atoms with Crippen LogP contribution in [0.3, 0.4) is 0 Å². The van der Waals surface area contributed by atoms with E-state index in [4.69, 9.17) is 23.2 Å². The molecule has 20 heavy (non-hydrogen) atoms.